The Labute approximate surface area is 101 Å². The summed E-state index contributed by atoms with van der Waals surface area (Å²) in [6, 6.07) is 0. The molecule has 1 N–H and O–H groups in total. The minimum Gasteiger partial charge on any atom is -0.381 e. The number of aromatic nitrogens is 2. The molecule has 17 heavy (non-hydrogen) atoms. The molecule has 5 nitrogen and oxygen atoms in total. The first-order valence-electron chi connectivity index (χ1n) is 6.03. The van der Waals surface area contributed by atoms with Gasteiger partial charge in [-0.25, -0.2) is 9.97 Å². The fourth-order valence-electron chi connectivity index (χ4n) is 2.50. The minimum absolute atomic E-state index is 0.351. The van der Waals surface area contributed by atoms with Crippen molar-refractivity contribution in [1.82, 2.24) is 15.3 Å². The summed E-state index contributed by atoms with van der Waals surface area (Å²) >= 11 is 0. The van der Waals surface area contributed by atoms with Crippen LogP contribution in [0.3, 0.4) is 0 Å². The second-order valence-corrected chi connectivity index (χ2v) is 4.58. The molecule has 0 bridgehead atoms. The van der Waals surface area contributed by atoms with E-state index in [2.05, 4.69) is 15.3 Å². The van der Waals surface area contributed by atoms with E-state index in [4.69, 9.17) is 9.47 Å². The molecular formula is C12H17N3O2. The van der Waals surface area contributed by atoms with Crippen molar-refractivity contribution in [2.45, 2.75) is 31.5 Å². The van der Waals surface area contributed by atoms with Crippen LogP contribution in [0.5, 0.6) is 0 Å². The van der Waals surface area contributed by atoms with E-state index in [1.54, 1.807) is 7.11 Å². The van der Waals surface area contributed by atoms with E-state index in [0.29, 0.717) is 13.2 Å². The number of methoxy groups -OCH3 is 1. The van der Waals surface area contributed by atoms with Crippen molar-refractivity contribution in [3.63, 3.8) is 0 Å². The fraction of sp³-hybridized carbons (Fsp3) is 0.667. The number of ether oxygens (including phenoxy) is 2. The Morgan fingerprint density at radius 3 is 2.94 bits per heavy atom. The molecule has 1 saturated heterocycles. The summed E-state index contributed by atoms with van der Waals surface area (Å²) in [5.41, 5.74) is 1.96. The van der Waals surface area contributed by atoms with Crippen LogP contribution >= 0.6 is 0 Å². The Balaban J connectivity index is 1.96. The van der Waals surface area contributed by atoms with Gasteiger partial charge in [0.2, 0.25) is 0 Å². The van der Waals surface area contributed by atoms with Gasteiger partial charge in [0, 0.05) is 58.0 Å². The molecule has 2 aliphatic heterocycles. The summed E-state index contributed by atoms with van der Waals surface area (Å²) in [5.74, 6) is 0.811. The van der Waals surface area contributed by atoms with E-state index in [-0.39, 0.29) is 5.60 Å². The molecule has 92 valence electrons. The summed E-state index contributed by atoms with van der Waals surface area (Å²) in [6.07, 6.45) is 3.58. The topological polar surface area (TPSA) is 56.3 Å². The van der Waals surface area contributed by atoms with Crippen molar-refractivity contribution in [1.29, 1.82) is 0 Å². The van der Waals surface area contributed by atoms with Crippen LogP contribution in [0.15, 0.2) is 6.20 Å². The number of hydrogen-bond acceptors (Lipinski definition) is 5. The molecule has 3 heterocycles. The summed E-state index contributed by atoms with van der Waals surface area (Å²) in [7, 11) is 1.74. The average Bonchev–Trinajstić information content (AvgIpc) is 2.86. The summed E-state index contributed by atoms with van der Waals surface area (Å²) in [5, 5.41) is 3.28. The molecule has 0 saturated carbocycles. The zero-order chi connectivity index (χ0) is 11.7. The lowest BCUT2D eigenvalue weighted by Gasteiger charge is -2.34. The predicted molar refractivity (Wildman–Crippen MR) is 61.3 cm³/mol. The predicted octanol–water partition coefficient (Wildman–Crippen LogP) is 0.732. The van der Waals surface area contributed by atoms with Crippen molar-refractivity contribution in [3.05, 3.63) is 23.3 Å². The second-order valence-electron chi connectivity index (χ2n) is 4.58. The third-order valence-corrected chi connectivity index (χ3v) is 3.66. The van der Waals surface area contributed by atoms with Gasteiger partial charge in [0.25, 0.3) is 0 Å². The summed E-state index contributed by atoms with van der Waals surface area (Å²) < 4.78 is 11.1. The first-order chi connectivity index (χ1) is 8.34. The molecule has 5 heteroatoms. The lowest BCUT2D eigenvalue weighted by atomic mass is 9.93. The molecule has 0 amide bonds. The summed E-state index contributed by atoms with van der Waals surface area (Å²) in [6.45, 7) is 3.14. The van der Waals surface area contributed by atoms with Gasteiger partial charge < -0.3 is 14.8 Å². The van der Waals surface area contributed by atoms with Gasteiger partial charge >= 0.3 is 0 Å². The van der Waals surface area contributed by atoms with E-state index in [1.807, 2.05) is 6.20 Å². The van der Waals surface area contributed by atoms with Crippen molar-refractivity contribution in [2.24, 2.45) is 0 Å². The van der Waals surface area contributed by atoms with E-state index in [1.165, 1.54) is 5.56 Å². The van der Waals surface area contributed by atoms with Gasteiger partial charge in [0.15, 0.2) is 5.82 Å². The number of rotatable bonds is 2. The number of hydrogen-bond donors (Lipinski definition) is 1. The SMILES string of the molecule is COC1(c2ncc3c(n2)CNC3)CCOCC1. The third kappa shape index (κ3) is 1.84. The van der Waals surface area contributed by atoms with Crippen molar-refractivity contribution >= 4 is 0 Å². The van der Waals surface area contributed by atoms with Gasteiger partial charge in [-0.2, -0.15) is 0 Å². The molecule has 0 unspecified atom stereocenters. The highest BCUT2D eigenvalue weighted by Crippen LogP contribution is 2.33. The van der Waals surface area contributed by atoms with Crippen LogP contribution in [0, 0.1) is 0 Å². The Kier molecular flexibility index (Phi) is 2.82. The normalized spacial score (nSPS) is 22.4. The highest BCUT2D eigenvalue weighted by atomic mass is 16.5. The zero-order valence-corrected chi connectivity index (χ0v) is 10.0. The smallest absolute Gasteiger partial charge is 0.160 e. The quantitative estimate of drug-likeness (QED) is 0.819. The lowest BCUT2D eigenvalue weighted by molar-refractivity contribution is -0.100. The lowest BCUT2D eigenvalue weighted by Crippen LogP contribution is -2.37. The van der Waals surface area contributed by atoms with E-state index < -0.39 is 0 Å². The minimum atomic E-state index is -0.351. The van der Waals surface area contributed by atoms with Gasteiger partial charge in [-0.3, -0.25) is 0 Å². The molecule has 2 aliphatic rings. The molecule has 0 atom stereocenters. The highest BCUT2D eigenvalue weighted by molar-refractivity contribution is 5.23. The molecule has 3 rings (SSSR count). The average molecular weight is 235 g/mol. The van der Waals surface area contributed by atoms with E-state index in [9.17, 15) is 0 Å². The van der Waals surface area contributed by atoms with Gasteiger partial charge in [-0.1, -0.05) is 0 Å². The van der Waals surface area contributed by atoms with Crippen LogP contribution < -0.4 is 5.32 Å². The maximum absolute atomic E-state index is 5.70. The molecule has 0 aliphatic carbocycles. The molecule has 1 aromatic rings. The van der Waals surface area contributed by atoms with Gasteiger partial charge in [0.1, 0.15) is 5.60 Å². The molecular weight excluding hydrogens is 218 g/mol. The zero-order valence-electron chi connectivity index (χ0n) is 10.0. The Morgan fingerprint density at radius 1 is 1.35 bits per heavy atom. The van der Waals surface area contributed by atoms with Crippen LogP contribution in [0.25, 0.3) is 0 Å². The largest absolute Gasteiger partial charge is 0.381 e. The maximum Gasteiger partial charge on any atom is 0.160 e. The number of fused-ring (bicyclic) bond motifs is 1. The maximum atomic E-state index is 5.70. The van der Waals surface area contributed by atoms with E-state index >= 15 is 0 Å². The Bertz CT molecular complexity index is 416. The molecule has 1 fully saturated rings. The standard InChI is InChI=1S/C12H17N3O2/c1-16-12(2-4-17-5-3-12)11-14-7-9-6-13-8-10(9)15-11/h7,13H,2-6,8H2,1H3. The molecule has 0 spiro atoms. The second kappa shape index (κ2) is 4.33. The monoisotopic (exact) mass is 235 g/mol. The molecule has 0 radical (unpaired) electrons. The first kappa shape index (κ1) is 11.1. The van der Waals surface area contributed by atoms with Crippen molar-refractivity contribution in [3.8, 4) is 0 Å². The third-order valence-electron chi connectivity index (χ3n) is 3.66. The van der Waals surface area contributed by atoms with Crippen LogP contribution in [-0.4, -0.2) is 30.3 Å². The van der Waals surface area contributed by atoms with Gasteiger partial charge in [0.05, 0.1) is 5.69 Å². The highest BCUT2D eigenvalue weighted by Gasteiger charge is 2.37. The Morgan fingerprint density at radius 2 is 2.18 bits per heavy atom. The number of nitrogens with zero attached hydrogens (tertiary/aromatic N) is 2. The van der Waals surface area contributed by atoms with Crippen molar-refractivity contribution < 1.29 is 9.47 Å². The van der Waals surface area contributed by atoms with Crippen LogP contribution in [0.2, 0.25) is 0 Å². The van der Waals surface area contributed by atoms with Gasteiger partial charge in [-0.15, -0.1) is 0 Å². The molecule has 0 aromatic carbocycles. The molecule has 1 aromatic heterocycles. The first-order valence-corrected chi connectivity index (χ1v) is 6.03. The van der Waals surface area contributed by atoms with Crippen LogP contribution in [0.4, 0.5) is 0 Å². The van der Waals surface area contributed by atoms with Crippen LogP contribution in [-0.2, 0) is 28.2 Å². The van der Waals surface area contributed by atoms with Gasteiger partial charge in [-0.05, 0) is 0 Å². The van der Waals surface area contributed by atoms with Crippen LogP contribution in [0.1, 0.15) is 29.9 Å². The fourth-order valence-corrected chi connectivity index (χ4v) is 2.50. The summed E-state index contributed by atoms with van der Waals surface area (Å²) in [4.78, 5) is 9.15. The van der Waals surface area contributed by atoms with E-state index in [0.717, 1.165) is 37.4 Å². The Hall–Kier alpha value is -1.04. The number of nitrogens with one attached hydrogen (secondary N) is 1. The van der Waals surface area contributed by atoms with Crippen molar-refractivity contribution in [2.75, 3.05) is 20.3 Å².